The number of hydrogen-bond acceptors (Lipinski definition) is 6. The van der Waals surface area contributed by atoms with E-state index in [9.17, 15) is 4.79 Å². The maximum absolute atomic E-state index is 11.3. The molecule has 0 unspecified atom stereocenters. The molecular weight excluding hydrogens is 258 g/mol. The zero-order valence-corrected chi connectivity index (χ0v) is 11.3. The van der Waals surface area contributed by atoms with Crippen molar-refractivity contribution in [1.29, 1.82) is 0 Å². The van der Waals surface area contributed by atoms with Crippen molar-refractivity contribution in [2.45, 2.75) is 31.7 Å². The van der Waals surface area contributed by atoms with E-state index < -0.39 is 0 Å². The zero-order valence-electron chi connectivity index (χ0n) is 11.3. The highest BCUT2D eigenvalue weighted by atomic mass is 16.5. The molecule has 2 aromatic heterocycles. The molecule has 0 saturated heterocycles. The van der Waals surface area contributed by atoms with Crippen LogP contribution in [0.15, 0.2) is 12.7 Å². The summed E-state index contributed by atoms with van der Waals surface area (Å²) in [7, 11) is 1.43. The summed E-state index contributed by atoms with van der Waals surface area (Å²) in [6.45, 7) is 0. The topological polar surface area (TPSA) is 95.9 Å². The lowest BCUT2D eigenvalue weighted by molar-refractivity contribution is -0.141. The van der Waals surface area contributed by atoms with Gasteiger partial charge in [-0.3, -0.25) is 4.79 Å². The van der Waals surface area contributed by atoms with Crippen molar-refractivity contribution in [3.05, 3.63) is 12.7 Å². The molecule has 1 aliphatic rings. The number of rotatable bonds is 3. The molecule has 0 aliphatic heterocycles. The summed E-state index contributed by atoms with van der Waals surface area (Å²) >= 11 is 0. The van der Waals surface area contributed by atoms with Gasteiger partial charge in [0.25, 0.3) is 0 Å². The van der Waals surface area contributed by atoms with Crippen LogP contribution >= 0.6 is 0 Å². The Kier molecular flexibility index (Phi) is 3.25. The molecule has 0 radical (unpaired) electrons. The monoisotopic (exact) mass is 275 g/mol. The van der Waals surface area contributed by atoms with Crippen LogP contribution in [-0.2, 0) is 9.53 Å². The van der Waals surface area contributed by atoms with E-state index in [0.717, 1.165) is 24.9 Å². The number of ether oxygens (including phenoxy) is 1. The van der Waals surface area contributed by atoms with E-state index >= 15 is 0 Å². The number of nitrogen functional groups attached to an aromatic ring is 1. The van der Waals surface area contributed by atoms with Gasteiger partial charge in [0.05, 0.1) is 13.4 Å². The number of nitrogens with two attached hydrogens (primary N) is 1. The number of aromatic nitrogens is 4. The molecule has 1 fully saturated rings. The van der Waals surface area contributed by atoms with E-state index in [1.165, 1.54) is 13.4 Å². The van der Waals surface area contributed by atoms with Crippen LogP contribution in [-0.4, -0.2) is 32.6 Å². The standard InChI is InChI=1S/C13H17N5O2/c1-20-10(19)5-8-2-3-9(4-8)18-7-17-11-12(14)15-6-16-13(11)18/h6-9H,2-5H2,1H3,(H2,14,15,16)/t8-,9-/m0/s1. The maximum atomic E-state index is 11.3. The van der Waals surface area contributed by atoms with Gasteiger partial charge in [0.2, 0.25) is 0 Å². The number of carbonyl (C=O) groups is 1. The number of nitrogens with zero attached hydrogens (tertiary/aromatic N) is 4. The SMILES string of the molecule is COC(=O)C[C@H]1CC[C@H](n2cnc3c(N)ncnc32)C1. The molecule has 3 rings (SSSR count). The van der Waals surface area contributed by atoms with Gasteiger partial charge in [0, 0.05) is 12.5 Å². The fourth-order valence-electron chi connectivity index (χ4n) is 2.94. The van der Waals surface area contributed by atoms with Crippen LogP contribution in [0.4, 0.5) is 5.82 Å². The molecule has 7 heteroatoms. The van der Waals surface area contributed by atoms with E-state index in [0.29, 0.717) is 29.7 Å². The van der Waals surface area contributed by atoms with Crippen molar-refractivity contribution in [3.63, 3.8) is 0 Å². The van der Waals surface area contributed by atoms with Crippen LogP contribution in [0.25, 0.3) is 11.2 Å². The van der Waals surface area contributed by atoms with Crippen molar-refractivity contribution in [3.8, 4) is 0 Å². The Balaban J connectivity index is 1.80. The zero-order chi connectivity index (χ0) is 14.1. The Labute approximate surface area is 116 Å². The average molecular weight is 275 g/mol. The van der Waals surface area contributed by atoms with Crippen LogP contribution in [0.3, 0.4) is 0 Å². The Morgan fingerprint density at radius 3 is 3.10 bits per heavy atom. The lowest BCUT2D eigenvalue weighted by atomic mass is 10.0. The largest absolute Gasteiger partial charge is 0.469 e. The van der Waals surface area contributed by atoms with Crippen molar-refractivity contribution in [1.82, 2.24) is 19.5 Å². The third kappa shape index (κ3) is 2.19. The summed E-state index contributed by atoms with van der Waals surface area (Å²) in [6, 6.07) is 0.309. The Morgan fingerprint density at radius 1 is 1.45 bits per heavy atom. The molecule has 2 N–H and O–H groups in total. The highest BCUT2D eigenvalue weighted by molar-refractivity contribution is 5.81. The van der Waals surface area contributed by atoms with Gasteiger partial charge in [-0.15, -0.1) is 0 Å². The summed E-state index contributed by atoms with van der Waals surface area (Å²) < 4.78 is 6.78. The molecule has 1 aliphatic carbocycles. The second-order valence-electron chi connectivity index (χ2n) is 5.20. The minimum atomic E-state index is -0.141. The number of hydrogen-bond donors (Lipinski definition) is 1. The van der Waals surface area contributed by atoms with Gasteiger partial charge >= 0.3 is 5.97 Å². The van der Waals surface area contributed by atoms with Crippen LogP contribution in [0.5, 0.6) is 0 Å². The van der Waals surface area contributed by atoms with Crippen molar-refractivity contribution in [2.24, 2.45) is 5.92 Å². The first-order valence-corrected chi connectivity index (χ1v) is 6.69. The Morgan fingerprint density at radius 2 is 2.30 bits per heavy atom. The predicted molar refractivity (Wildman–Crippen MR) is 72.7 cm³/mol. The molecule has 0 bridgehead atoms. The molecule has 0 spiro atoms. The number of imidazole rings is 1. The lowest BCUT2D eigenvalue weighted by Crippen LogP contribution is -2.09. The third-order valence-corrected chi connectivity index (χ3v) is 3.98. The van der Waals surface area contributed by atoms with Crippen molar-refractivity contribution < 1.29 is 9.53 Å². The van der Waals surface area contributed by atoms with Gasteiger partial charge in [-0.1, -0.05) is 0 Å². The van der Waals surface area contributed by atoms with Gasteiger partial charge in [0.1, 0.15) is 11.8 Å². The normalized spacial score (nSPS) is 22.2. The van der Waals surface area contributed by atoms with Crippen LogP contribution in [0, 0.1) is 5.92 Å². The molecule has 2 atom stereocenters. The highest BCUT2D eigenvalue weighted by Gasteiger charge is 2.29. The molecule has 0 aromatic carbocycles. The fraction of sp³-hybridized carbons (Fsp3) is 0.538. The van der Waals surface area contributed by atoms with Gasteiger partial charge in [0.15, 0.2) is 11.5 Å². The molecule has 106 valence electrons. The molecule has 1 saturated carbocycles. The van der Waals surface area contributed by atoms with Crippen LogP contribution < -0.4 is 5.73 Å². The van der Waals surface area contributed by atoms with E-state index in [-0.39, 0.29) is 5.97 Å². The highest BCUT2D eigenvalue weighted by Crippen LogP contribution is 2.37. The second-order valence-corrected chi connectivity index (χ2v) is 5.20. The first-order chi connectivity index (χ1) is 9.69. The molecule has 20 heavy (non-hydrogen) atoms. The molecule has 7 nitrogen and oxygen atoms in total. The molecule has 2 heterocycles. The van der Waals surface area contributed by atoms with Gasteiger partial charge in [-0.25, -0.2) is 15.0 Å². The summed E-state index contributed by atoms with van der Waals surface area (Å²) in [4.78, 5) is 23.8. The van der Waals surface area contributed by atoms with Crippen molar-refractivity contribution in [2.75, 3.05) is 12.8 Å². The smallest absolute Gasteiger partial charge is 0.305 e. The molecule has 0 amide bonds. The minimum Gasteiger partial charge on any atom is -0.469 e. The van der Waals surface area contributed by atoms with Crippen LogP contribution in [0.1, 0.15) is 31.7 Å². The number of anilines is 1. The molecular formula is C13H17N5O2. The van der Waals surface area contributed by atoms with Gasteiger partial charge in [-0.2, -0.15) is 0 Å². The number of carbonyl (C=O) groups excluding carboxylic acids is 1. The minimum absolute atomic E-state index is 0.141. The number of methoxy groups -OCH3 is 1. The van der Waals surface area contributed by atoms with E-state index in [1.54, 1.807) is 6.33 Å². The van der Waals surface area contributed by atoms with Crippen LogP contribution in [0.2, 0.25) is 0 Å². The van der Waals surface area contributed by atoms with Crippen molar-refractivity contribution >= 4 is 23.0 Å². The fourth-order valence-corrected chi connectivity index (χ4v) is 2.94. The first kappa shape index (κ1) is 12.8. The number of fused-ring (bicyclic) bond motifs is 1. The first-order valence-electron chi connectivity index (χ1n) is 6.69. The summed E-state index contributed by atoms with van der Waals surface area (Å²) in [5.74, 6) is 0.625. The van der Waals surface area contributed by atoms with E-state index in [2.05, 4.69) is 15.0 Å². The van der Waals surface area contributed by atoms with Gasteiger partial charge in [-0.05, 0) is 25.2 Å². The quantitative estimate of drug-likeness (QED) is 0.848. The molecule has 2 aromatic rings. The number of esters is 1. The maximum Gasteiger partial charge on any atom is 0.305 e. The van der Waals surface area contributed by atoms with E-state index in [4.69, 9.17) is 10.5 Å². The predicted octanol–water partition coefficient (Wildman–Crippen LogP) is 1.31. The summed E-state index contributed by atoms with van der Waals surface area (Å²) in [5, 5.41) is 0. The summed E-state index contributed by atoms with van der Waals surface area (Å²) in [6.07, 6.45) is 6.66. The summed E-state index contributed by atoms with van der Waals surface area (Å²) in [5.41, 5.74) is 7.20. The Hall–Kier alpha value is -2.18. The average Bonchev–Trinajstić information content (AvgIpc) is 3.05. The third-order valence-electron chi connectivity index (χ3n) is 3.98. The Bertz CT molecular complexity index is 639. The second kappa shape index (κ2) is 5.07. The van der Waals surface area contributed by atoms with Gasteiger partial charge < -0.3 is 15.0 Å². The van der Waals surface area contributed by atoms with E-state index in [1.807, 2.05) is 4.57 Å². The lowest BCUT2D eigenvalue weighted by Gasteiger charge is -2.12.